The molecule has 1 aliphatic heterocycles. The fourth-order valence-electron chi connectivity index (χ4n) is 3.08. The first-order valence-corrected chi connectivity index (χ1v) is 8.90. The maximum atomic E-state index is 11.7. The number of ether oxygens (including phenoxy) is 1. The maximum absolute atomic E-state index is 11.7. The van der Waals surface area contributed by atoms with Crippen LogP contribution in [0.1, 0.15) is 21.5 Å². The third kappa shape index (κ3) is 4.82. The molecule has 0 saturated heterocycles. The highest BCUT2D eigenvalue weighted by atomic mass is 35.5. The van der Waals surface area contributed by atoms with Gasteiger partial charge in [0.25, 0.3) is 0 Å². The van der Waals surface area contributed by atoms with Crippen LogP contribution in [0.3, 0.4) is 0 Å². The number of carbonyl (C=O) groups is 1. The first-order valence-electron chi connectivity index (χ1n) is 8.52. The second-order valence-corrected chi connectivity index (χ2v) is 6.65. The molecule has 0 radical (unpaired) electrons. The van der Waals surface area contributed by atoms with Gasteiger partial charge in [-0.05, 0) is 54.3 Å². The minimum atomic E-state index is -0.438. The van der Waals surface area contributed by atoms with Crippen molar-refractivity contribution >= 4 is 17.4 Å². The average Bonchev–Trinajstić information content (AvgIpc) is 2.84. The Bertz CT molecular complexity index is 730. The number of nitrogens with zero attached hydrogens (tertiary/aromatic N) is 1. The summed E-state index contributed by atoms with van der Waals surface area (Å²) >= 11 is 5.87. The molecule has 0 amide bonds. The quantitative estimate of drug-likeness (QED) is 0.805. The predicted molar refractivity (Wildman–Crippen MR) is 98.7 cm³/mol. The van der Waals surface area contributed by atoms with E-state index in [0.717, 1.165) is 38.2 Å². The summed E-state index contributed by atoms with van der Waals surface area (Å²) in [6, 6.07) is 13.2. The minimum absolute atomic E-state index is 0.222. The van der Waals surface area contributed by atoms with Crippen molar-refractivity contribution in [3.8, 4) is 5.75 Å². The number of benzene rings is 2. The van der Waals surface area contributed by atoms with Gasteiger partial charge in [0, 0.05) is 30.2 Å². The van der Waals surface area contributed by atoms with Crippen LogP contribution in [-0.2, 0) is 12.8 Å². The van der Waals surface area contributed by atoms with Gasteiger partial charge in [-0.25, -0.2) is 0 Å². The summed E-state index contributed by atoms with van der Waals surface area (Å²) in [5.74, 6) is 0.606. The molecule has 0 aromatic heterocycles. The lowest BCUT2D eigenvalue weighted by Gasteiger charge is -2.19. The number of halogens is 1. The smallest absolute Gasteiger partial charge is 0.188 e. The zero-order valence-corrected chi connectivity index (χ0v) is 14.8. The fraction of sp³-hybridized carbons (Fsp3) is 0.350. The first-order chi connectivity index (χ1) is 12.2. The van der Waals surface area contributed by atoms with Crippen LogP contribution >= 0.6 is 11.6 Å². The summed E-state index contributed by atoms with van der Waals surface area (Å²) in [6.45, 7) is 2.97. The van der Waals surface area contributed by atoms with Gasteiger partial charge in [-0.3, -0.25) is 9.69 Å². The molecule has 2 aromatic carbocycles. The summed E-state index contributed by atoms with van der Waals surface area (Å²) in [5.41, 5.74) is 3.09. The van der Waals surface area contributed by atoms with Gasteiger partial charge in [-0.15, -0.1) is 0 Å². The number of rotatable bonds is 6. The Labute approximate surface area is 153 Å². The normalized spacial score (nSPS) is 14.6. The summed E-state index contributed by atoms with van der Waals surface area (Å²) in [6.07, 6.45) is 1.87. The van der Waals surface area contributed by atoms with Gasteiger partial charge in [-0.1, -0.05) is 23.7 Å². The first kappa shape index (κ1) is 17.9. The van der Waals surface area contributed by atoms with Gasteiger partial charge in [0.15, 0.2) is 5.78 Å². The topological polar surface area (TPSA) is 49.8 Å². The lowest BCUT2D eigenvalue weighted by Crippen LogP contribution is -2.30. The van der Waals surface area contributed by atoms with E-state index < -0.39 is 6.61 Å². The Morgan fingerprint density at radius 2 is 1.80 bits per heavy atom. The van der Waals surface area contributed by atoms with Crippen LogP contribution in [0.25, 0.3) is 0 Å². The zero-order valence-electron chi connectivity index (χ0n) is 14.1. The zero-order chi connectivity index (χ0) is 17.6. The molecule has 3 rings (SSSR count). The van der Waals surface area contributed by atoms with E-state index in [-0.39, 0.29) is 5.78 Å². The second kappa shape index (κ2) is 8.48. The number of ketones is 1. The Hall–Kier alpha value is -1.88. The number of aliphatic hydroxyl groups is 1. The van der Waals surface area contributed by atoms with Crippen LogP contribution in [0.15, 0.2) is 42.5 Å². The molecule has 0 aliphatic carbocycles. The molecule has 4 nitrogen and oxygen atoms in total. The average molecular weight is 360 g/mol. The molecular formula is C20H22ClNO3. The highest BCUT2D eigenvalue weighted by Crippen LogP contribution is 2.19. The molecule has 0 atom stereocenters. The van der Waals surface area contributed by atoms with Crippen molar-refractivity contribution < 1.29 is 14.6 Å². The standard InChI is InChI=1S/C20H22ClNO3/c21-18-3-5-19(6-4-18)25-12-11-22-9-7-15-1-2-17(20(24)14-23)13-16(15)8-10-22/h1-6,13,23H,7-12,14H2. The third-order valence-electron chi connectivity index (χ3n) is 4.56. The van der Waals surface area contributed by atoms with Crippen molar-refractivity contribution in [1.29, 1.82) is 0 Å². The summed E-state index contributed by atoms with van der Waals surface area (Å²) < 4.78 is 5.77. The lowest BCUT2D eigenvalue weighted by atomic mass is 9.98. The number of hydrogen-bond acceptors (Lipinski definition) is 4. The van der Waals surface area contributed by atoms with Crippen molar-refractivity contribution in [2.45, 2.75) is 12.8 Å². The van der Waals surface area contributed by atoms with Crippen molar-refractivity contribution in [1.82, 2.24) is 4.90 Å². The van der Waals surface area contributed by atoms with Gasteiger partial charge in [0.1, 0.15) is 19.0 Å². The second-order valence-electron chi connectivity index (χ2n) is 6.21. The van der Waals surface area contributed by atoms with Crippen LogP contribution in [-0.4, -0.2) is 48.6 Å². The van der Waals surface area contributed by atoms with E-state index >= 15 is 0 Å². The number of aliphatic hydroxyl groups excluding tert-OH is 1. The Morgan fingerprint density at radius 3 is 2.52 bits per heavy atom. The molecule has 0 spiro atoms. The number of Topliss-reactive ketones (excluding diaryl/α,β-unsaturated/α-hetero) is 1. The molecule has 0 fully saturated rings. The van der Waals surface area contributed by atoms with Gasteiger partial charge < -0.3 is 9.84 Å². The highest BCUT2D eigenvalue weighted by Gasteiger charge is 2.15. The van der Waals surface area contributed by atoms with Crippen molar-refractivity contribution in [2.75, 3.05) is 32.8 Å². The van der Waals surface area contributed by atoms with Crippen molar-refractivity contribution in [2.24, 2.45) is 0 Å². The number of hydrogen-bond donors (Lipinski definition) is 1. The molecule has 5 heteroatoms. The monoisotopic (exact) mass is 359 g/mol. The lowest BCUT2D eigenvalue weighted by molar-refractivity contribution is 0.0903. The van der Waals surface area contributed by atoms with Crippen LogP contribution in [0, 0.1) is 0 Å². The summed E-state index contributed by atoms with van der Waals surface area (Å²) in [5, 5.41) is 9.72. The highest BCUT2D eigenvalue weighted by molar-refractivity contribution is 6.30. The molecule has 1 heterocycles. The molecule has 0 unspecified atom stereocenters. The van der Waals surface area contributed by atoms with E-state index in [9.17, 15) is 4.79 Å². The van der Waals surface area contributed by atoms with E-state index in [0.29, 0.717) is 17.2 Å². The number of fused-ring (bicyclic) bond motifs is 1. The van der Waals surface area contributed by atoms with Crippen LogP contribution in [0.4, 0.5) is 0 Å². The SMILES string of the molecule is O=C(CO)c1ccc2c(c1)CCN(CCOc1ccc(Cl)cc1)CC2. The molecule has 1 N–H and O–H groups in total. The van der Waals surface area contributed by atoms with E-state index in [4.69, 9.17) is 21.4 Å². The molecule has 132 valence electrons. The van der Waals surface area contributed by atoms with Gasteiger partial charge in [0.05, 0.1) is 0 Å². The maximum Gasteiger partial charge on any atom is 0.188 e. The number of carbonyl (C=O) groups excluding carboxylic acids is 1. The van der Waals surface area contributed by atoms with Gasteiger partial charge in [-0.2, -0.15) is 0 Å². The molecule has 0 saturated carbocycles. The molecule has 2 aromatic rings. The van der Waals surface area contributed by atoms with Crippen LogP contribution in [0.2, 0.25) is 5.02 Å². The molecule has 25 heavy (non-hydrogen) atoms. The van der Waals surface area contributed by atoms with Crippen LogP contribution in [0.5, 0.6) is 5.75 Å². The largest absolute Gasteiger partial charge is 0.492 e. The van der Waals surface area contributed by atoms with E-state index in [1.807, 2.05) is 42.5 Å². The third-order valence-corrected chi connectivity index (χ3v) is 4.81. The van der Waals surface area contributed by atoms with E-state index in [2.05, 4.69) is 4.90 Å². The van der Waals surface area contributed by atoms with E-state index in [1.54, 1.807) is 0 Å². The van der Waals surface area contributed by atoms with Crippen LogP contribution < -0.4 is 4.74 Å². The minimum Gasteiger partial charge on any atom is -0.492 e. The Kier molecular flexibility index (Phi) is 6.08. The summed E-state index contributed by atoms with van der Waals surface area (Å²) in [7, 11) is 0. The molecule has 0 bridgehead atoms. The Balaban J connectivity index is 1.53. The Morgan fingerprint density at radius 1 is 1.08 bits per heavy atom. The van der Waals surface area contributed by atoms with Gasteiger partial charge >= 0.3 is 0 Å². The van der Waals surface area contributed by atoms with Crippen molar-refractivity contribution in [3.63, 3.8) is 0 Å². The fourth-order valence-corrected chi connectivity index (χ4v) is 3.21. The molecular weight excluding hydrogens is 338 g/mol. The van der Waals surface area contributed by atoms with E-state index in [1.165, 1.54) is 11.1 Å². The summed E-state index contributed by atoms with van der Waals surface area (Å²) in [4.78, 5) is 14.0. The molecule has 1 aliphatic rings. The van der Waals surface area contributed by atoms with Gasteiger partial charge in [0.2, 0.25) is 0 Å². The van der Waals surface area contributed by atoms with Crippen molar-refractivity contribution in [3.05, 3.63) is 64.2 Å². The predicted octanol–water partition coefficient (Wildman–Crippen LogP) is 2.99.